The number of hydrogen-bond donors (Lipinski definition) is 1. The van der Waals surface area contributed by atoms with Crippen molar-refractivity contribution in [1.29, 1.82) is 0 Å². The summed E-state index contributed by atoms with van der Waals surface area (Å²) in [7, 11) is 0. The number of benzene rings is 1. The summed E-state index contributed by atoms with van der Waals surface area (Å²) in [4.78, 5) is 36.7. The van der Waals surface area contributed by atoms with Gasteiger partial charge in [0.2, 0.25) is 0 Å². The van der Waals surface area contributed by atoms with Crippen molar-refractivity contribution in [3.05, 3.63) is 34.9 Å². The van der Waals surface area contributed by atoms with Crippen LogP contribution in [0.3, 0.4) is 0 Å². The number of carbonyl (C=O) groups excluding carboxylic acids is 3. The number of nitrogens with one attached hydrogen (secondary N) is 1. The van der Waals surface area contributed by atoms with Gasteiger partial charge in [0.25, 0.3) is 5.91 Å². The zero-order valence-corrected chi connectivity index (χ0v) is 15.7. The van der Waals surface area contributed by atoms with Gasteiger partial charge in [-0.25, -0.2) is 4.79 Å². The van der Waals surface area contributed by atoms with Crippen LogP contribution in [0.15, 0.2) is 24.3 Å². The zero-order chi connectivity index (χ0) is 18.2. The first-order valence-corrected chi connectivity index (χ1v) is 10.1. The molecule has 0 aromatic heterocycles. The van der Waals surface area contributed by atoms with Crippen LogP contribution >= 0.6 is 23.4 Å². The molecular weight excluding hydrogens is 362 g/mol. The van der Waals surface area contributed by atoms with Crippen molar-refractivity contribution in [2.75, 3.05) is 12.0 Å². The first-order chi connectivity index (χ1) is 12.0. The van der Waals surface area contributed by atoms with Gasteiger partial charge in [0.15, 0.2) is 11.9 Å². The third-order valence-corrected chi connectivity index (χ3v) is 4.96. The molecule has 2 rings (SSSR count). The lowest BCUT2D eigenvalue weighted by atomic mass is 9.96. The highest BCUT2D eigenvalue weighted by molar-refractivity contribution is 7.98. The van der Waals surface area contributed by atoms with Crippen LogP contribution in [0, 0.1) is 0 Å². The average molecular weight is 384 g/mol. The fraction of sp³-hybridized carbons (Fsp3) is 0.500. The molecule has 1 aromatic rings. The van der Waals surface area contributed by atoms with Crippen molar-refractivity contribution >= 4 is 41.0 Å². The third kappa shape index (κ3) is 6.04. The molecule has 7 heteroatoms. The molecule has 0 saturated heterocycles. The Bertz CT molecular complexity index is 620. The molecule has 1 fully saturated rings. The van der Waals surface area contributed by atoms with Crippen LogP contribution in [0.5, 0.6) is 0 Å². The molecule has 1 amide bonds. The Morgan fingerprint density at radius 1 is 1.32 bits per heavy atom. The van der Waals surface area contributed by atoms with Crippen molar-refractivity contribution in [2.45, 2.75) is 44.2 Å². The number of carbonyl (C=O) groups is 3. The maximum Gasteiger partial charge on any atom is 0.329 e. The summed E-state index contributed by atoms with van der Waals surface area (Å²) in [6.07, 6.45) is 4.42. The van der Waals surface area contributed by atoms with Gasteiger partial charge in [-0.15, -0.1) is 0 Å². The quantitative estimate of drug-likeness (QED) is 0.732. The van der Waals surface area contributed by atoms with E-state index < -0.39 is 18.1 Å². The van der Waals surface area contributed by atoms with E-state index in [0.717, 1.165) is 12.8 Å². The number of hydrogen-bond acceptors (Lipinski definition) is 5. The highest BCUT2D eigenvalue weighted by Crippen LogP contribution is 2.18. The predicted octanol–water partition coefficient (Wildman–Crippen LogP) is 3.25. The van der Waals surface area contributed by atoms with E-state index in [-0.39, 0.29) is 11.7 Å². The summed E-state index contributed by atoms with van der Waals surface area (Å²) >= 11 is 7.40. The van der Waals surface area contributed by atoms with Gasteiger partial charge in [-0.3, -0.25) is 9.59 Å². The Kier molecular flexibility index (Phi) is 7.78. The van der Waals surface area contributed by atoms with Crippen LogP contribution in [0.4, 0.5) is 0 Å². The molecule has 1 aromatic carbocycles. The lowest BCUT2D eigenvalue weighted by Gasteiger charge is -2.24. The average Bonchev–Trinajstić information content (AvgIpc) is 2.60. The van der Waals surface area contributed by atoms with E-state index in [4.69, 9.17) is 16.3 Å². The molecule has 1 saturated carbocycles. The molecule has 2 unspecified atom stereocenters. The molecular formula is C18H22ClNO4S. The first-order valence-electron chi connectivity index (χ1n) is 8.30. The molecule has 5 nitrogen and oxygen atoms in total. The van der Waals surface area contributed by atoms with Gasteiger partial charge in [0.05, 0.1) is 0 Å². The number of halogens is 1. The minimum atomic E-state index is -0.773. The van der Waals surface area contributed by atoms with Crippen LogP contribution in [-0.2, 0) is 14.3 Å². The fourth-order valence-corrected chi connectivity index (χ4v) is 3.22. The van der Waals surface area contributed by atoms with Crippen LogP contribution in [0.2, 0.25) is 5.02 Å². The van der Waals surface area contributed by atoms with E-state index in [1.165, 1.54) is 0 Å². The monoisotopic (exact) mass is 383 g/mol. The molecule has 0 radical (unpaired) electrons. The highest BCUT2D eigenvalue weighted by atomic mass is 35.5. The van der Waals surface area contributed by atoms with E-state index in [1.807, 2.05) is 6.26 Å². The Morgan fingerprint density at radius 3 is 2.68 bits per heavy atom. The number of ketones is 1. The molecule has 2 atom stereocenters. The van der Waals surface area contributed by atoms with Crippen molar-refractivity contribution in [1.82, 2.24) is 5.32 Å². The number of rotatable bonds is 7. The summed E-state index contributed by atoms with van der Waals surface area (Å²) in [5, 5.41) is 3.24. The summed E-state index contributed by atoms with van der Waals surface area (Å²) in [6, 6.07) is 5.66. The van der Waals surface area contributed by atoms with E-state index in [1.54, 1.807) is 36.0 Å². The Hall–Kier alpha value is -1.53. The second-order valence-electron chi connectivity index (χ2n) is 5.95. The van der Waals surface area contributed by atoms with Crippen LogP contribution in [0.1, 0.15) is 42.5 Å². The largest absolute Gasteiger partial charge is 0.453 e. The van der Waals surface area contributed by atoms with Crippen molar-refractivity contribution < 1.29 is 19.1 Å². The van der Waals surface area contributed by atoms with Crippen molar-refractivity contribution in [3.63, 3.8) is 0 Å². The summed E-state index contributed by atoms with van der Waals surface area (Å²) in [6.45, 7) is 0. The molecule has 0 spiro atoms. The molecule has 0 bridgehead atoms. The van der Waals surface area contributed by atoms with E-state index in [2.05, 4.69) is 5.32 Å². The zero-order valence-electron chi connectivity index (χ0n) is 14.1. The predicted molar refractivity (Wildman–Crippen MR) is 99.1 cm³/mol. The van der Waals surface area contributed by atoms with E-state index in [0.29, 0.717) is 35.6 Å². The lowest BCUT2D eigenvalue weighted by Crippen LogP contribution is -2.44. The van der Waals surface area contributed by atoms with Gasteiger partial charge >= 0.3 is 5.97 Å². The topological polar surface area (TPSA) is 72.5 Å². The maximum absolute atomic E-state index is 12.5. The van der Waals surface area contributed by atoms with Crippen molar-refractivity contribution in [3.8, 4) is 0 Å². The van der Waals surface area contributed by atoms with E-state index in [9.17, 15) is 14.4 Å². The minimum absolute atomic E-state index is 0.0350. The fourth-order valence-electron chi connectivity index (χ4n) is 2.63. The van der Waals surface area contributed by atoms with Crippen LogP contribution in [0.25, 0.3) is 0 Å². The normalized spacial score (nSPS) is 18.5. The maximum atomic E-state index is 12.5. The van der Waals surface area contributed by atoms with Gasteiger partial charge in [0, 0.05) is 17.0 Å². The number of Topliss-reactive ketones (excluding diaryl/α,β-unsaturated/α-hetero) is 1. The van der Waals surface area contributed by atoms with Crippen LogP contribution in [-0.4, -0.2) is 41.8 Å². The third-order valence-electron chi connectivity index (χ3n) is 4.06. The number of amides is 1. The van der Waals surface area contributed by atoms with Gasteiger partial charge < -0.3 is 10.1 Å². The summed E-state index contributed by atoms with van der Waals surface area (Å²) < 4.78 is 5.39. The van der Waals surface area contributed by atoms with Gasteiger partial charge in [-0.05, 0) is 62.0 Å². The second kappa shape index (κ2) is 9.82. The van der Waals surface area contributed by atoms with Gasteiger partial charge in [0.1, 0.15) is 6.04 Å². The standard InChI is InChI=1S/C18H22ClNO4S/c1-25-11-10-14(18(23)24-16-5-3-2-4-15(16)21)20-17(22)12-6-8-13(19)9-7-12/h6-9,14,16H,2-5,10-11H2,1H3,(H,20,22). The second-order valence-corrected chi connectivity index (χ2v) is 7.37. The SMILES string of the molecule is CSCCC(NC(=O)c1ccc(Cl)cc1)C(=O)OC1CCCCC1=O. The smallest absolute Gasteiger partial charge is 0.329 e. The van der Waals surface area contributed by atoms with E-state index >= 15 is 0 Å². The number of esters is 1. The molecule has 136 valence electrons. The van der Waals surface area contributed by atoms with Crippen LogP contribution < -0.4 is 5.32 Å². The minimum Gasteiger partial charge on any atom is -0.453 e. The molecule has 25 heavy (non-hydrogen) atoms. The molecule has 1 N–H and O–H groups in total. The summed E-state index contributed by atoms with van der Waals surface area (Å²) in [5.41, 5.74) is 0.417. The molecule has 1 aliphatic rings. The molecule has 1 aliphatic carbocycles. The Labute approximate surface area is 156 Å². The van der Waals surface area contributed by atoms with Crippen molar-refractivity contribution in [2.24, 2.45) is 0 Å². The van der Waals surface area contributed by atoms with Gasteiger partial charge in [-0.1, -0.05) is 11.6 Å². The Balaban J connectivity index is 2.01. The molecule has 0 heterocycles. The first kappa shape index (κ1) is 19.8. The highest BCUT2D eigenvalue weighted by Gasteiger charge is 2.30. The summed E-state index contributed by atoms with van der Waals surface area (Å²) in [5.74, 6) is -0.252. The number of ether oxygens (including phenoxy) is 1. The molecule has 0 aliphatic heterocycles. The Morgan fingerprint density at radius 2 is 2.04 bits per heavy atom. The van der Waals surface area contributed by atoms with Gasteiger partial charge in [-0.2, -0.15) is 11.8 Å². The number of thioether (sulfide) groups is 1. The lowest BCUT2D eigenvalue weighted by molar-refractivity contribution is -0.158.